The lowest BCUT2D eigenvalue weighted by atomic mass is 9.99. The molecule has 3 aromatic carbocycles. The smallest absolute Gasteiger partial charge is 0.332 e. The quantitative estimate of drug-likeness (QED) is 0.228. The molecule has 0 saturated carbocycles. The van der Waals surface area contributed by atoms with Gasteiger partial charge >= 0.3 is 6.03 Å². The fourth-order valence-corrected chi connectivity index (χ4v) is 5.61. The Morgan fingerprint density at radius 1 is 1.00 bits per heavy atom. The largest absolute Gasteiger partial charge is 0.508 e. The van der Waals surface area contributed by atoms with E-state index in [1.54, 1.807) is 62.3 Å². The van der Waals surface area contributed by atoms with Crippen LogP contribution in [0.15, 0.2) is 72.8 Å². The molecule has 220 valence electrons. The number of para-hydroxylation sites is 1. The summed E-state index contributed by atoms with van der Waals surface area (Å²) in [6, 6.07) is 19.9. The molecule has 3 aromatic rings. The lowest BCUT2D eigenvalue weighted by Crippen LogP contribution is -2.66. The number of rotatable bonds is 9. The number of nitrogens with two attached hydrogens (primary N) is 1. The first kappa shape index (κ1) is 28.7. The number of aromatic hydroxyl groups is 2. The van der Waals surface area contributed by atoms with Crippen molar-refractivity contribution in [1.82, 2.24) is 25.1 Å². The summed E-state index contributed by atoms with van der Waals surface area (Å²) >= 11 is 0. The van der Waals surface area contributed by atoms with Crippen LogP contribution in [0.25, 0.3) is 0 Å². The maximum atomic E-state index is 13.9. The Hall–Kier alpha value is -4.77. The van der Waals surface area contributed by atoms with E-state index in [0.29, 0.717) is 25.1 Å². The van der Waals surface area contributed by atoms with Crippen LogP contribution in [0, 0.1) is 0 Å². The first-order valence-corrected chi connectivity index (χ1v) is 14.1. The summed E-state index contributed by atoms with van der Waals surface area (Å²) in [6.45, 7) is 2.84. The van der Waals surface area contributed by atoms with E-state index in [9.17, 15) is 24.6 Å². The molecule has 0 bridgehead atoms. The number of benzene rings is 3. The van der Waals surface area contributed by atoms with Crippen molar-refractivity contribution < 1.29 is 24.6 Å². The standard InChI is InChI=1S/C31H36N6O5/c1-2-15-35(31(42)33-17-22-7-4-3-5-8-22)36-20-28(39)37-26(16-21-11-13-24(38)14-12-21)30(41)34(19-27(36)37)18-23-9-6-10-25(32)29(23)40/h3-14,26-27,38,40H,2,15-20,32H2,1H3,(H,33,42)/t26-,27+/m0/s1. The summed E-state index contributed by atoms with van der Waals surface area (Å²) < 4.78 is 0. The molecule has 5 N–H and O–H groups in total. The van der Waals surface area contributed by atoms with Crippen molar-refractivity contribution in [1.29, 1.82) is 0 Å². The third-order valence-corrected chi connectivity index (χ3v) is 7.71. The Morgan fingerprint density at radius 2 is 1.74 bits per heavy atom. The third kappa shape index (κ3) is 5.96. The predicted molar refractivity (Wildman–Crippen MR) is 157 cm³/mol. The number of carbonyl (C=O) groups excluding carboxylic acids is 3. The number of carbonyl (C=O) groups is 3. The van der Waals surface area contributed by atoms with Crippen LogP contribution >= 0.6 is 0 Å². The number of phenolic OH excluding ortho intramolecular Hbond substituents is 2. The molecular weight excluding hydrogens is 536 g/mol. The van der Waals surface area contributed by atoms with Gasteiger partial charge < -0.3 is 31.1 Å². The third-order valence-electron chi connectivity index (χ3n) is 7.71. The molecule has 11 heteroatoms. The van der Waals surface area contributed by atoms with Gasteiger partial charge in [-0.05, 0) is 35.7 Å². The van der Waals surface area contributed by atoms with E-state index >= 15 is 0 Å². The number of nitrogens with one attached hydrogen (secondary N) is 1. The van der Waals surface area contributed by atoms with Crippen molar-refractivity contribution in [3.63, 3.8) is 0 Å². The van der Waals surface area contributed by atoms with Crippen LogP contribution in [-0.4, -0.2) is 79.7 Å². The molecule has 0 radical (unpaired) electrons. The monoisotopic (exact) mass is 572 g/mol. The summed E-state index contributed by atoms with van der Waals surface area (Å²) in [5, 5.41) is 26.6. The summed E-state index contributed by atoms with van der Waals surface area (Å²) in [6.07, 6.45) is 0.282. The number of anilines is 1. The second-order valence-corrected chi connectivity index (χ2v) is 10.6. The number of urea groups is 1. The first-order valence-electron chi connectivity index (χ1n) is 14.1. The molecule has 2 aliphatic heterocycles. The van der Waals surface area contributed by atoms with E-state index in [1.165, 1.54) is 0 Å². The van der Waals surface area contributed by atoms with Crippen molar-refractivity contribution in [3.8, 4) is 11.5 Å². The van der Waals surface area contributed by atoms with Crippen molar-refractivity contribution in [2.24, 2.45) is 0 Å². The average Bonchev–Trinajstić information content (AvgIpc) is 3.31. The second-order valence-electron chi connectivity index (χ2n) is 10.6. The van der Waals surface area contributed by atoms with Gasteiger partial charge in [-0.25, -0.2) is 4.79 Å². The van der Waals surface area contributed by atoms with Gasteiger partial charge in [0.05, 0.1) is 18.8 Å². The zero-order valence-corrected chi connectivity index (χ0v) is 23.5. The molecule has 42 heavy (non-hydrogen) atoms. The molecule has 4 amide bonds. The second kappa shape index (κ2) is 12.4. The highest BCUT2D eigenvalue weighted by Gasteiger charge is 2.52. The maximum absolute atomic E-state index is 13.9. The van der Waals surface area contributed by atoms with Crippen LogP contribution in [0.3, 0.4) is 0 Å². The number of piperazine rings is 1. The normalized spacial score (nSPS) is 18.7. The van der Waals surface area contributed by atoms with Crippen LogP contribution in [0.4, 0.5) is 10.5 Å². The Balaban J connectivity index is 1.45. The highest BCUT2D eigenvalue weighted by atomic mass is 16.3. The van der Waals surface area contributed by atoms with E-state index in [2.05, 4.69) is 5.32 Å². The Kier molecular flexibility index (Phi) is 8.48. The molecule has 11 nitrogen and oxygen atoms in total. The number of nitrogen functional groups attached to an aromatic ring is 1. The van der Waals surface area contributed by atoms with Gasteiger partial charge in [0.1, 0.15) is 23.7 Å². The fraction of sp³-hybridized carbons (Fsp3) is 0.323. The summed E-state index contributed by atoms with van der Waals surface area (Å²) in [5.41, 5.74) is 8.34. The average molecular weight is 573 g/mol. The number of amides is 4. The fourth-order valence-electron chi connectivity index (χ4n) is 5.61. The number of phenols is 2. The van der Waals surface area contributed by atoms with Gasteiger partial charge in [0, 0.05) is 31.6 Å². The van der Waals surface area contributed by atoms with E-state index in [1.807, 2.05) is 37.3 Å². The molecule has 2 saturated heterocycles. The van der Waals surface area contributed by atoms with Crippen molar-refractivity contribution >= 4 is 23.5 Å². The minimum absolute atomic E-state index is 0.0554. The lowest BCUT2D eigenvalue weighted by molar-refractivity contribution is -0.157. The number of hydrogen-bond acceptors (Lipinski definition) is 7. The van der Waals surface area contributed by atoms with E-state index in [-0.39, 0.29) is 61.1 Å². The molecule has 2 fully saturated rings. The minimum atomic E-state index is -0.843. The summed E-state index contributed by atoms with van der Waals surface area (Å²) in [4.78, 5) is 44.2. The van der Waals surface area contributed by atoms with E-state index < -0.39 is 12.2 Å². The molecule has 0 spiro atoms. The first-order chi connectivity index (χ1) is 20.3. The Morgan fingerprint density at radius 3 is 2.45 bits per heavy atom. The number of hydrazine groups is 1. The maximum Gasteiger partial charge on any atom is 0.332 e. The molecule has 2 atom stereocenters. The van der Waals surface area contributed by atoms with Crippen molar-refractivity contribution in [3.05, 3.63) is 89.5 Å². The van der Waals surface area contributed by atoms with Gasteiger partial charge in [-0.2, -0.15) is 5.01 Å². The van der Waals surface area contributed by atoms with Gasteiger partial charge in [0.2, 0.25) is 11.8 Å². The van der Waals surface area contributed by atoms with Gasteiger partial charge in [0.15, 0.2) is 0 Å². The van der Waals surface area contributed by atoms with Gasteiger partial charge in [0.25, 0.3) is 0 Å². The van der Waals surface area contributed by atoms with Gasteiger partial charge in [-0.1, -0.05) is 61.5 Å². The minimum Gasteiger partial charge on any atom is -0.508 e. The highest BCUT2D eigenvalue weighted by Crippen LogP contribution is 2.32. The molecular formula is C31H36N6O5. The van der Waals surface area contributed by atoms with Crippen LogP contribution in [-0.2, 0) is 29.1 Å². The summed E-state index contributed by atoms with van der Waals surface area (Å²) in [5.74, 6) is -0.506. The molecule has 2 heterocycles. The zero-order valence-electron chi connectivity index (χ0n) is 23.5. The van der Waals surface area contributed by atoms with Crippen molar-refractivity contribution in [2.75, 3.05) is 25.4 Å². The molecule has 0 aliphatic carbocycles. The molecule has 0 aromatic heterocycles. The topological polar surface area (TPSA) is 143 Å². The lowest BCUT2D eigenvalue weighted by Gasteiger charge is -2.46. The Labute approximate surface area is 244 Å². The molecule has 2 aliphatic rings. The Bertz CT molecular complexity index is 1430. The summed E-state index contributed by atoms with van der Waals surface area (Å²) in [7, 11) is 0. The van der Waals surface area contributed by atoms with Crippen LogP contribution in [0.5, 0.6) is 11.5 Å². The van der Waals surface area contributed by atoms with Crippen LogP contribution in [0.1, 0.15) is 30.0 Å². The van der Waals surface area contributed by atoms with Gasteiger partial charge in [-0.15, -0.1) is 0 Å². The van der Waals surface area contributed by atoms with Crippen LogP contribution in [0.2, 0.25) is 0 Å². The van der Waals surface area contributed by atoms with E-state index in [0.717, 1.165) is 11.1 Å². The molecule has 5 rings (SSSR count). The zero-order chi connectivity index (χ0) is 29.8. The highest BCUT2D eigenvalue weighted by molar-refractivity contribution is 5.92. The SMILES string of the molecule is CCCN(C(=O)NCc1ccccc1)N1CC(=O)N2[C@@H](Cc3ccc(O)cc3)C(=O)N(Cc3cccc(N)c3O)C[C@@H]21. The number of nitrogens with zero attached hydrogens (tertiary/aromatic N) is 4. The predicted octanol–water partition coefficient (Wildman–Crippen LogP) is 2.64. The van der Waals surface area contributed by atoms with E-state index in [4.69, 9.17) is 5.73 Å². The van der Waals surface area contributed by atoms with Gasteiger partial charge in [-0.3, -0.25) is 14.6 Å². The number of fused-ring (bicyclic) bond motifs is 1. The molecule has 0 unspecified atom stereocenters. The van der Waals surface area contributed by atoms with Crippen LogP contribution < -0.4 is 11.1 Å². The van der Waals surface area contributed by atoms with Crippen molar-refractivity contribution in [2.45, 2.75) is 45.1 Å². The number of hydrogen-bond donors (Lipinski definition) is 4.